The summed E-state index contributed by atoms with van der Waals surface area (Å²) in [6.07, 6.45) is 1.56. The van der Waals surface area contributed by atoms with E-state index >= 15 is 0 Å². The summed E-state index contributed by atoms with van der Waals surface area (Å²) in [5.41, 5.74) is 6.38. The molecule has 0 spiro atoms. The highest BCUT2D eigenvalue weighted by Crippen LogP contribution is 2.22. The zero-order valence-corrected chi connectivity index (χ0v) is 11.9. The third kappa shape index (κ3) is 3.82. The fraction of sp³-hybridized carbons (Fsp3) is 0.0526. The first-order valence-electron chi connectivity index (χ1n) is 6.57. The molecule has 2 heteroatoms. The Kier molecular flexibility index (Phi) is 4.92. The summed E-state index contributed by atoms with van der Waals surface area (Å²) in [4.78, 5) is 11.4. The van der Waals surface area contributed by atoms with E-state index in [9.17, 15) is 4.79 Å². The largest absolute Gasteiger partial charge is 0.465 e. The van der Waals surface area contributed by atoms with Gasteiger partial charge in [0.15, 0.2) is 0 Å². The Bertz CT molecular complexity index is 649. The van der Waals surface area contributed by atoms with Crippen LogP contribution < -0.4 is 0 Å². The first-order valence-corrected chi connectivity index (χ1v) is 6.57. The van der Waals surface area contributed by atoms with Gasteiger partial charge in [-0.2, -0.15) is 0 Å². The number of carbonyl (C=O) groups excluding carboxylic acids is 1. The molecule has 0 amide bonds. The summed E-state index contributed by atoms with van der Waals surface area (Å²) in [5.74, 6) is -0.456. The topological polar surface area (TPSA) is 26.3 Å². The first kappa shape index (κ1) is 14.6. The van der Waals surface area contributed by atoms with Crippen LogP contribution >= 0.6 is 0 Å². The quantitative estimate of drug-likeness (QED) is 0.365. The predicted octanol–water partition coefficient (Wildman–Crippen LogP) is 4.00. The van der Waals surface area contributed by atoms with Gasteiger partial charge in [-0.3, -0.25) is 0 Å². The molecule has 104 valence electrons. The normalized spacial score (nSPS) is 9.38. The summed E-state index contributed by atoms with van der Waals surface area (Å²) in [6.45, 7) is 3.68. The van der Waals surface area contributed by atoms with E-state index in [2.05, 4.69) is 17.0 Å². The summed E-state index contributed by atoms with van der Waals surface area (Å²) < 4.78 is 4.64. The molecule has 0 aliphatic carbocycles. The van der Waals surface area contributed by atoms with Crippen molar-refractivity contribution in [3.8, 4) is 0 Å². The van der Waals surface area contributed by atoms with Crippen LogP contribution in [0.4, 0.5) is 0 Å². The van der Waals surface area contributed by atoms with Gasteiger partial charge >= 0.3 is 5.97 Å². The van der Waals surface area contributed by atoms with E-state index in [0.717, 1.165) is 16.7 Å². The third-order valence-corrected chi connectivity index (χ3v) is 2.96. The molecule has 0 N–H and O–H groups in total. The van der Waals surface area contributed by atoms with E-state index in [1.54, 1.807) is 6.08 Å². The van der Waals surface area contributed by atoms with Crippen LogP contribution in [-0.2, 0) is 9.53 Å². The fourth-order valence-electron chi connectivity index (χ4n) is 1.89. The molecule has 0 fully saturated rings. The maximum Gasteiger partial charge on any atom is 0.337 e. The van der Waals surface area contributed by atoms with Crippen LogP contribution in [-0.4, -0.2) is 13.1 Å². The number of methoxy groups -OCH3 is 1. The van der Waals surface area contributed by atoms with Gasteiger partial charge in [0.1, 0.15) is 0 Å². The summed E-state index contributed by atoms with van der Waals surface area (Å²) >= 11 is 0. The van der Waals surface area contributed by atoms with Crippen molar-refractivity contribution in [1.82, 2.24) is 0 Å². The maximum absolute atomic E-state index is 11.4. The van der Waals surface area contributed by atoms with E-state index in [4.69, 9.17) is 0 Å². The van der Waals surface area contributed by atoms with Crippen LogP contribution in [0.2, 0.25) is 0 Å². The van der Waals surface area contributed by atoms with Crippen LogP contribution in [0.15, 0.2) is 84.6 Å². The molecule has 0 bridgehead atoms. The second-order valence-electron chi connectivity index (χ2n) is 4.41. The smallest absolute Gasteiger partial charge is 0.337 e. The molecular formula is C19H16O2. The van der Waals surface area contributed by atoms with Gasteiger partial charge in [0.2, 0.25) is 0 Å². The Morgan fingerprint density at radius 2 is 1.48 bits per heavy atom. The molecule has 0 saturated heterocycles. The molecule has 0 heterocycles. The second kappa shape index (κ2) is 7.09. The molecule has 2 aromatic rings. The average Bonchev–Trinajstić information content (AvgIpc) is 2.56. The Labute approximate surface area is 124 Å². The number of hydrogen-bond donors (Lipinski definition) is 0. The van der Waals surface area contributed by atoms with Gasteiger partial charge in [-0.15, -0.1) is 5.73 Å². The standard InChI is InChI=1S/C19H16O2/c1-15(19(20)21-2)13-14-18(16-9-5-3-6-10-16)17-11-7-4-8-12-17/h3-13H,1H2,2H3. The highest BCUT2D eigenvalue weighted by atomic mass is 16.5. The Hall–Kier alpha value is -2.83. The van der Waals surface area contributed by atoms with Gasteiger partial charge < -0.3 is 4.74 Å². The number of benzene rings is 2. The molecular weight excluding hydrogens is 260 g/mol. The van der Waals surface area contributed by atoms with Crippen molar-refractivity contribution in [2.24, 2.45) is 0 Å². The van der Waals surface area contributed by atoms with Crippen molar-refractivity contribution in [1.29, 1.82) is 0 Å². The minimum atomic E-state index is -0.456. The molecule has 0 saturated carbocycles. The minimum absolute atomic E-state index is 0.266. The Balaban J connectivity index is 2.50. The first-order chi connectivity index (χ1) is 10.2. The van der Waals surface area contributed by atoms with Crippen molar-refractivity contribution in [2.45, 2.75) is 0 Å². The number of carbonyl (C=O) groups is 1. The number of ether oxygens (including phenoxy) is 1. The van der Waals surface area contributed by atoms with Crippen LogP contribution in [0.1, 0.15) is 11.1 Å². The zero-order chi connectivity index (χ0) is 15.1. The van der Waals surface area contributed by atoms with Gasteiger partial charge in [-0.05, 0) is 17.2 Å². The zero-order valence-electron chi connectivity index (χ0n) is 11.9. The van der Waals surface area contributed by atoms with Gasteiger partial charge in [-0.1, -0.05) is 67.2 Å². The number of esters is 1. The number of hydrogen-bond acceptors (Lipinski definition) is 2. The van der Waals surface area contributed by atoms with Gasteiger partial charge in [0, 0.05) is 5.57 Å². The molecule has 0 unspecified atom stereocenters. The summed E-state index contributed by atoms with van der Waals surface area (Å²) in [7, 11) is 1.33. The molecule has 0 aromatic heterocycles. The molecule has 2 aromatic carbocycles. The minimum Gasteiger partial charge on any atom is -0.465 e. The van der Waals surface area contributed by atoms with Gasteiger partial charge in [0.05, 0.1) is 12.7 Å². The highest BCUT2D eigenvalue weighted by Gasteiger charge is 2.05. The maximum atomic E-state index is 11.4. The van der Waals surface area contributed by atoms with Gasteiger partial charge in [0.25, 0.3) is 0 Å². The lowest BCUT2D eigenvalue weighted by atomic mass is 9.98. The Morgan fingerprint density at radius 3 is 1.90 bits per heavy atom. The lowest BCUT2D eigenvalue weighted by molar-refractivity contribution is -0.135. The van der Waals surface area contributed by atoms with Crippen LogP contribution in [0.25, 0.3) is 5.57 Å². The molecule has 0 aliphatic heterocycles. The van der Waals surface area contributed by atoms with E-state index in [0.29, 0.717) is 0 Å². The molecule has 2 rings (SSSR count). The van der Waals surface area contributed by atoms with Crippen molar-refractivity contribution in [3.05, 3.63) is 95.7 Å². The van der Waals surface area contributed by atoms with Crippen molar-refractivity contribution in [2.75, 3.05) is 7.11 Å². The molecule has 2 nitrogen and oxygen atoms in total. The van der Waals surface area contributed by atoms with Crippen LogP contribution in [0.3, 0.4) is 0 Å². The van der Waals surface area contributed by atoms with Crippen molar-refractivity contribution < 1.29 is 9.53 Å². The van der Waals surface area contributed by atoms with Crippen molar-refractivity contribution in [3.63, 3.8) is 0 Å². The molecule has 0 atom stereocenters. The summed E-state index contributed by atoms with van der Waals surface area (Å²) in [5, 5.41) is 0. The predicted molar refractivity (Wildman–Crippen MR) is 84.6 cm³/mol. The molecule has 0 aliphatic rings. The van der Waals surface area contributed by atoms with E-state index in [1.165, 1.54) is 7.11 Å². The Morgan fingerprint density at radius 1 is 1.00 bits per heavy atom. The lowest BCUT2D eigenvalue weighted by Crippen LogP contribution is -2.00. The SMILES string of the molecule is C=C(C=C=C(c1ccccc1)c1ccccc1)C(=O)OC. The fourth-order valence-corrected chi connectivity index (χ4v) is 1.89. The molecule has 21 heavy (non-hydrogen) atoms. The van der Waals surface area contributed by atoms with Crippen LogP contribution in [0.5, 0.6) is 0 Å². The highest BCUT2D eigenvalue weighted by molar-refractivity contribution is 5.91. The van der Waals surface area contributed by atoms with Crippen LogP contribution in [0, 0.1) is 0 Å². The van der Waals surface area contributed by atoms with Gasteiger partial charge in [-0.25, -0.2) is 4.79 Å². The van der Waals surface area contributed by atoms with E-state index in [-0.39, 0.29) is 5.57 Å². The second-order valence-corrected chi connectivity index (χ2v) is 4.41. The average molecular weight is 276 g/mol. The van der Waals surface area contributed by atoms with E-state index < -0.39 is 5.97 Å². The van der Waals surface area contributed by atoms with Crippen molar-refractivity contribution >= 4 is 11.5 Å². The number of rotatable bonds is 4. The lowest BCUT2D eigenvalue weighted by Gasteiger charge is -2.05. The third-order valence-electron chi connectivity index (χ3n) is 2.96. The molecule has 0 radical (unpaired) electrons. The monoisotopic (exact) mass is 276 g/mol. The summed E-state index contributed by atoms with van der Waals surface area (Å²) in [6, 6.07) is 19.8. The van der Waals surface area contributed by atoms with E-state index in [1.807, 2.05) is 60.7 Å².